The van der Waals surface area contributed by atoms with Gasteiger partial charge in [0.15, 0.2) is 5.13 Å². The lowest BCUT2D eigenvalue weighted by atomic mass is 10.1. The van der Waals surface area contributed by atoms with Crippen LogP contribution in [0.3, 0.4) is 0 Å². The Morgan fingerprint density at radius 2 is 1.75 bits per heavy atom. The topological polar surface area (TPSA) is 36.4 Å². The number of benzene rings is 2. The summed E-state index contributed by atoms with van der Waals surface area (Å²) in [6, 6.07) is 12.1. The van der Waals surface area contributed by atoms with E-state index in [9.17, 15) is 4.79 Å². The van der Waals surface area contributed by atoms with E-state index < -0.39 is 0 Å². The van der Waals surface area contributed by atoms with Crippen molar-refractivity contribution in [3.8, 4) is 0 Å². The number of carbonyl (C=O) groups excluding carboxylic acids is 1. The molecule has 3 rings (SSSR count). The first-order valence-corrected chi connectivity index (χ1v) is 10.1. The maximum Gasteiger partial charge on any atom is 0.260 e. The number of anilines is 1. The van der Waals surface area contributed by atoms with Gasteiger partial charge >= 0.3 is 0 Å². The Bertz CT molecular complexity index is 968. The highest BCUT2D eigenvalue weighted by atomic mass is 35.5. The molecular formula is C22H28ClN3OS. The number of fused-ring (bicyclic) bond motifs is 1. The predicted octanol–water partition coefficient (Wildman–Crippen LogP) is 5.24. The number of hydrogen-bond donors (Lipinski definition) is 0. The molecule has 2 aromatic carbocycles. The first-order valence-electron chi connectivity index (χ1n) is 9.27. The molecule has 1 aromatic heterocycles. The second-order valence-corrected chi connectivity index (χ2v) is 8.34. The van der Waals surface area contributed by atoms with E-state index in [2.05, 4.69) is 45.0 Å². The summed E-state index contributed by atoms with van der Waals surface area (Å²) in [6.45, 7) is 7.76. The standard InChI is InChI=1S/C22H27N3OS.ClH/c1-15-10-11-18(14-17(15)3)21(26)25(13-7-12-24(4)5)22-23-20-16(2)8-6-9-19(20)27-22;/h6,8-11,14H,7,12-13H2,1-5H3;1H. The number of hydrogen-bond acceptors (Lipinski definition) is 4. The zero-order valence-electron chi connectivity index (χ0n) is 17.2. The summed E-state index contributed by atoms with van der Waals surface area (Å²) in [5.41, 5.74) is 5.18. The maximum atomic E-state index is 13.3. The molecule has 0 fully saturated rings. The van der Waals surface area contributed by atoms with Crippen LogP contribution in [0.5, 0.6) is 0 Å². The van der Waals surface area contributed by atoms with Gasteiger partial charge in [-0.2, -0.15) is 0 Å². The van der Waals surface area contributed by atoms with E-state index in [4.69, 9.17) is 4.98 Å². The quantitative estimate of drug-likeness (QED) is 0.550. The number of thiazole rings is 1. The van der Waals surface area contributed by atoms with Crippen molar-refractivity contribution < 1.29 is 4.79 Å². The first-order chi connectivity index (χ1) is 12.9. The van der Waals surface area contributed by atoms with E-state index in [1.54, 1.807) is 11.3 Å². The van der Waals surface area contributed by atoms with Gasteiger partial charge in [-0.1, -0.05) is 29.5 Å². The third kappa shape index (κ3) is 4.90. The van der Waals surface area contributed by atoms with Crippen LogP contribution in [0.2, 0.25) is 0 Å². The fraction of sp³-hybridized carbons (Fsp3) is 0.364. The molecule has 4 nitrogen and oxygen atoms in total. The van der Waals surface area contributed by atoms with Gasteiger partial charge < -0.3 is 4.90 Å². The van der Waals surface area contributed by atoms with Gasteiger partial charge in [0.1, 0.15) is 0 Å². The number of aryl methyl sites for hydroxylation is 3. The lowest BCUT2D eigenvalue weighted by Crippen LogP contribution is -2.33. The van der Waals surface area contributed by atoms with E-state index in [1.165, 1.54) is 5.56 Å². The van der Waals surface area contributed by atoms with Crippen molar-refractivity contribution in [1.29, 1.82) is 0 Å². The van der Waals surface area contributed by atoms with Crippen molar-refractivity contribution >= 4 is 45.0 Å². The Balaban J connectivity index is 0.00000280. The van der Waals surface area contributed by atoms with Crippen molar-refractivity contribution in [2.24, 2.45) is 0 Å². The summed E-state index contributed by atoms with van der Waals surface area (Å²) in [4.78, 5) is 22.1. The number of nitrogens with zero attached hydrogens (tertiary/aromatic N) is 3. The second-order valence-electron chi connectivity index (χ2n) is 7.33. The van der Waals surface area contributed by atoms with Crippen molar-refractivity contribution in [1.82, 2.24) is 9.88 Å². The van der Waals surface area contributed by atoms with Crippen LogP contribution in [0.4, 0.5) is 5.13 Å². The highest BCUT2D eigenvalue weighted by molar-refractivity contribution is 7.22. The molecule has 0 atom stereocenters. The average molecular weight is 418 g/mol. The minimum absolute atomic E-state index is 0. The Kier molecular flexibility index (Phi) is 7.58. The lowest BCUT2D eigenvalue weighted by molar-refractivity contribution is 0.0986. The first kappa shape index (κ1) is 22.3. The highest BCUT2D eigenvalue weighted by Crippen LogP contribution is 2.31. The predicted molar refractivity (Wildman–Crippen MR) is 122 cm³/mol. The molecule has 150 valence electrons. The third-order valence-electron chi connectivity index (χ3n) is 4.83. The molecule has 0 saturated carbocycles. The van der Waals surface area contributed by atoms with Gasteiger partial charge in [0, 0.05) is 12.1 Å². The fourth-order valence-electron chi connectivity index (χ4n) is 3.05. The molecule has 3 aromatic rings. The number of aromatic nitrogens is 1. The molecule has 0 aliphatic rings. The normalized spacial score (nSPS) is 10.9. The molecule has 0 aliphatic heterocycles. The van der Waals surface area contributed by atoms with Gasteiger partial charge in [-0.15, -0.1) is 12.4 Å². The molecule has 0 aliphatic carbocycles. The number of amides is 1. The summed E-state index contributed by atoms with van der Waals surface area (Å²) in [6.07, 6.45) is 0.901. The van der Waals surface area contributed by atoms with E-state index >= 15 is 0 Å². The van der Waals surface area contributed by atoms with Crippen LogP contribution >= 0.6 is 23.7 Å². The zero-order valence-corrected chi connectivity index (χ0v) is 18.8. The molecule has 0 saturated heterocycles. The Hall–Kier alpha value is -1.95. The molecule has 0 N–H and O–H groups in total. The minimum Gasteiger partial charge on any atom is -0.309 e. The smallest absolute Gasteiger partial charge is 0.260 e. The zero-order chi connectivity index (χ0) is 19.6. The van der Waals surface area contributed by atoms with Crippen molar-refractivity contribution in [3.63, 3.8) is 0 Å². The number of rotatable bonds is 6. The largest absolute Gasteiger partial charge is 0.309 e. The molecule has 1 amide bonds. The maximum absolute atomic E-state index is 13.3. The molecule has 0 radical (unpaired) electrons. The van der Waals surface area contributed by atoms with Crippen molar-refractivity contribution in [2.45, 2.75) is 27.2 Å². The summed E-state index contributed by atoms with van der Waals surface area (Å²) >= 11 is 1.59. The van der Waals surface area contributed by atoms with E-state index in [-0.39, 0.29) is 18.3 Å². The third-order valence-corrected chi connectivity index (χ3v) is 5.87. The van der Waals surface area contributed by atoms with Gasteiger partial charge in [0.25, 0.3) is 5.91 Å². The Labute approximate surface area is 177 Å². The van der Waals surface area contributed by atoms with Gasteiger partial charge in [-0.3, -0.25) is 9.69 Å². The summed E-state index contributed by atoms with van der Waals surface area (Å²) < 4.78 is 1.12. The SMILES string of the molecule is Cc1ccc(C(=O)N(CCCN(C)C)c2nc3c(C)cccc3s2)cc1C.Cl. The van der Waals surface area contributed by atoms with Crippen LogP contribution in [0.25, 0.3) is 10.2 Å². The summed E-state index contributed by atoms with van der Waals surface area (Å²) in [5, 5.41) is 0.779. The molecule has 1 heterocycles. The van der Waals surface area contributed by atoms with Crippen LogP contribution in [0, 0.1) is 20.8 Å². The molecular weight excluding hydrogens is 390 g/mol. The monoisotopic (exact) mass is 417 g/mol. The van der Waals surface area contributed by atoms with Gasteiger partial charge in [0.2, 0.25) is 0 Å². The summed E-state index contributed by atoms with van der Waals surface area (Å²) in [7, 11) is 4.10. The molecule has 0 unspecified atom stereocenters. The van der Waals surface area contributed by atoms with Crippen LogP contribution in [-0.2, 0) is 0 Å². The average Bonchev–Trinajstić information content (AvgIpc) is 3.05. The lowest BCUT2D eigenvalue weighted by Gasteiger charge is -2.21. The molecule has 28 heavy (non-hydrogen) atoms. The minimum atomic E-state index is 0. The van der Waals surface area contributed by atoms with Crippen molar-refractivity contribution in [2.75, 3.05) is 32.1 Å². The van der Waals surface area contributed by atoms with E-state index in [0.717, 1.165) is 45.0 Å². The Morgan fingerprint density at radius 1 is 1.00 bits per heavy atom. The number of carbonyl (C=O) groups is 1. The second kappa shape index (κ2) is 9.50. The number of para-hydroxylation sites is 1. The highest BCUT2D eigenvalue weighted by Gasteiger charge is 2.22. The molecule has 0 spiro atoms. The molecule has 0 bridgehead atoms. The summed E-state index contributed by atoms with van der Waals surface area (Å²) in [5.74, 6) is 0.0218. The molecule has 6 heteroatoms. The van der Waals surface area contributed by atoms with E-state index in [0.29, 0.717) is 6.54 Å². The number of halogens is 1. The van der Waals surface area contributed by atoms with E-state index in [1.807, 2.05) is 36.1 Å². The Morgan fingerprint density at radius 3 is 2.39 bits per heavy atom. The fourth-order valence-corrected chi connectivity index (χ4v) is 4.12. The van der Waals surface area contributed by atoms with Crippen molar-refractivity contribution in [3.05, 3.63) is 58.7 Å². The van der Waals surface area contributed by atoms with Crippen LogP contribution in [0.1, 0.15) is 33.5 Å². The van der Waals surface area contributed by atoms with Crippen LogP contribution in [0.15, 0.2) is 36.4 Å². The van der Waals surface area contributed by atoms with Crippen LogP contribution < -0.4 is 4.90 Å². The van der Waals surface area contributed by atoms with Crippen LogP contribution in [-0.4, -0.2) is 43.0 Å². The van der Waals surface area contributed by atoms with Gasteiger partial charge in [0.05, 0.1) is 10.2 Å². The van der Waals surface area contributed by atoms with Gasteiger partial charge in [-0.25, -0.2) is 4.98 Å². The van der Waals surface area contributed by atoms with Gasteiger partial charge in [-0.05, 0) is 82.7 Å².